The van der Waals surface area contributed by atoms with Crippen molar-refractivity contribution in [1.29, 1.82) is 0 Å². The molecule has 3 heteroatoms. The van der Waals surface area contributed by atoms with Crippen molar-refractivity contribution in [3.8, 4) is 0 Å². The fraction of sp³-hybridized carbons (Fsp3) is 0.545. The third kappa shape index (κ3) is 3.75. The molecule has 0 spiro atoms. The maximum atomic E-state index is 8.63. The zero-order valence-corrected chi connectivity index (χ0v) is 8.66. The molecule has 0 amide bonds. The predicted octanol–water partition coefficient (Wildman–Crippen LogP) is 1.83. The molecule has 0 radical (unpaired) electrons. The zero-order chi connectivity index (χ0) is 10.2. The topological polar surface area (TPSA) is 45.1 Å². The SMILES string of the molecule is CNc1cc(CCCCCO)ccn1. The van der Waals surface area contributed by atoms with Crippen LogP contribution in [0.15, 0.2) is 18.3 Å². The molecule has 0 fully saturated rings. The van der Waals surface area contributed by atoms with Gasteiger partial charge in [0.05, 0.1) is 0 Å². The van der Waals surface area contributed by atoms with Gasteiger partial charge in [0.2, 0.25) is 0 Å². The Hall–Kier alpha value is -1.09. The van der Waals surface area contributed by atoms with Crippen LogP contribution in [0.1, 0.15) is 24.8 Å². The summed E-state index contributed by atoms with van der Waals surface area (Å²) in [4.78, 5) is 4.15. The molecule has 0 unspecified atom stereocenters. The number of aliphatic hydroxyl groups is 1. The smallest absolute Gasteiger partial charge is 0.125 e. The summed E-state index contributed by atoms with van der Waals surface area (Å²) in [6.07, 6.45) is 6.02. The van der Waals surface area contributed by atoms with Gasteiger partial charge in [-0.05, 0) is 37.0 Å². The lowest BCUT2D eigenvalue weighted by molar-refractivity contribution is 0.283. The predicted molar refractivity (Wildman–Crippen MR) is 58.4 cm³/mol. The highest BCUT2D eigenvalue weighted by atomic mass is 16.2. The van der Waals surface area contributed by atoms with E-state index in [0.29, 0.717) is 6.61 Å². The average Bonchev–Trinajstić information content (AvgIpc) is 2.25. The van der Waals surface area contributed by atoms with E-state index in [2.05, 4.69) is 16.4 Å². The van der Waals surface area contributed by atoms with Gasteiger partial charge in [-0.1, -0.05) is 6.42 Å². The zero-order valence-electron chi connectivity index (χ0n) is 8.66. The van der Waals surface area contributed by atoms with Crippen molar-refractivity contribution in [3.05, 3.63) is 23.9 Å². The van der Waals surface area contributed by atoms with Crippen molar-refractivity contribution in [2.45, 2.75) is 25.7 Å². The number of pyridine rings is 1. The number of aryl methyl sites for hydroxylation is 1. The van der Waals surface area contributed by atoms with Gasteiger partial charge in [-0.3, -0.25) is 0 Å². The molecule has 14 heavy (non-hydrogen) atoms. The van der Waals surface area contributed by atoms with Gasteiger partial charge < -0.3 is 10.4 Å². The van der Waals surface area contributed by atoms with Crippen molar-refractivity contribution in [3.63, 3.8) is 0 Å². The molecule has 0 bridgehead atoms. The Labute approximate surface area is 85.2 Å². The standard InChI is InChI=1S/C11H18N2O/c1-12-11-9-10(6-7-13-11)5-3-2-4-8-14/h6-7,9,14H,2-5,8H2,1H3,(H,12,13). The van der Waals surface area contributed by atoms with Crippen LogP contribution >= 0.6 is 0 Å². The molecule has 0 atom stereocenters. The molecule has 0 aliphatic carbocycles. The third-order valence-electron chi connectivity index (χ3n) is 2.20. The Morgan fingerprint density at radius 1 is 1.36 bits per heavy atom. The van der Waals surface area contributed by atoms with Crippen molar-refractivity contribution in [2.24, 2.45) is 0 Å². The Kier molecular flexibility index (Phi) is 5.00. The van der Waals surface area contributed by atoms with Crippen LogP contribution in [0.2, 0.25) is 0 Å². The van der Waals surface area contributed by atoms with Gasteiger partial charge in [0.25, 0.3) is 0 Å². The maximum absolute atomic E-state index is 8.63. The highest BCUT2D eigenvalue weighted by Gasteiger charge is 1.95. The van der Waals surface area contributed by atoms with Crippen LogP contribution in [0.3, 0.4) is 0 Å². The molecule has 1 aromatic rings. The summed E-state index contributed by atoms with van der Waals surface area (Å²) >= 11 is 0. The molecular weight excluding hydrogens is 176 g/mol. The monoisotopic (exact) mass is 194 g/mol. The van der Waals surface area contributed by atoms with E-state index in [4.69, 9.17) is 5.11 Å². The summed E-state index contributed by atoms with van der Waals surface area (Å²) in [7, 11) is 1.87. The molecule has 1 rings (SSSR count). The fourth-order valence-electron chi connectivity index (χ4n) is 1.38. The van der Waals surface area contributed by atoms with Crippen molar-refractivity contribution in [2.75, 3.05) is 19.0 Å². The molecule has 2 N–H and O–H groups in total. The minimum atomic E-state index is 0.304. The van der Waals surface area contributed by atoms with E-state index in [1.807, 2.05) is 19.3 Å². The lowest BCUT2D eigenvalue weighted by Gasteiger charge is -2.03. The average molecular weight is 194 g/mol. The first-order chi connectivity index (χ1) is 6.86. The van der Waals surface area contributed by atoms with Crippen LogP contribution in [0.25, 0.3) is 0 Å². The van der Waals surface area contributed by atoms with Gasteiger partial charge in [-0.15, -0.1) is 0 Å². The number of nitrogens with zero attached hydrogens (tertiary/aromatic N) is 1. The quantitative estimate of drug-likeness (QED) is 0.679. The van der Waals surface area contributed by atoms with Gasteiger partial charge in [-0.2, -0.15) is 0 Å². The molecular formula is C11H18N2O. The molecule has 0 aliphatic rings. The highest BCUT2D eigenvalue weighted by molar-refractivity contribution is 5.36. The van der Waals surface area contributed by atoms with Gasteiger partial charge in [-0.25, -0.2) is 4.98 Å². The van der Waals surface area contributed by atoms with Crippen LogP contribution in [-0.2, 0) is 6.42 Å². The fourth-order valence-corrected chi connectivity index (χ4v) is 1.38. The molecule has 0 saturated heterocycles. The van der Waals surface area contributed by atoms with Gasteiger partial charge in [0, 0.05) is 19.9 Å². The molecule has 0 aliphatic heterocycles. The van der Waals surface area contributed by atoms with Crippen LogP contribution in [0, 0.1) is 0 Å². The molecule has 3 nitrogen and oxygen atoms in total. The Balaban J connectivity index is 2.34. The van der Waals surface area contributed by atoms with Crippen molar-refractivity contribution >= 4 is 5.82 Å². The Bertz CT molecular complexity index is 263. The molecule has 1 heterocycles. The molecule has 1 aromatic heterocycles. The lowest BCUT2D eigenvalue weighted by atomic mass is 10.1. The second kappa shape index (κ2) is 6.38. The number of nitrogens with one attached hydrogen (secondary N) is 1. The van der Waals surface area contributed by atoms with Gasteiger partial charge >= 0.3 is 0 Å². The van der Waals surface area contributed by atoms with Crippen LogP contribution in [-0.4, -0.2) is 23.7 Å². The lowest BCUT2D eigenvalue weighted by Crippen LogP contribution is -1.94. The van der Waals surface area contributed by atoms with E-state index in [1.54, 1.807) is 0 Å². The number of rotatable bonds is 6. The van der Waals surface area contributed by atoms with Crippen LogP contribution in [0.5, 0.6) is 0 Å². The van der Waals surface area contributed by atoms with E-state index in [0.717, 1.165) is 31.5 Å². The number of hydrogen-bond donors (Lipinski definition) is 2. The molecule has 0 saturated carbocycles. The van der Waals surface area contributed by atoms with E-state index < -0.39 is 0 Å². The number of aliphatic hydroxyl groups excluding tert-OH is 1. The second-order valence-electron chi connectivity index (χ2n) is 3.33. The summed E-state index contributed by atoms with van der Waals surface area (Å²) in [6.45, 7) is 0.304. The first-order valence-electron chi connectivity index (χ1n) is 5.10. The minimum absolute atomic E-state index is 0.304. The van der Waals surface area contributed by atoms with E-state index in [-0.39, 0.29) is 0 Å². The summed E-state index contributed by atoms with van der Waals surface area (Å²) in [5.74, 6) is 0.921. The van der Waals surface area contributed by atoms with Crippen LogP contribution < -0.4 is 5.32 Å². The normalized spacial score (nSPS) is 10.1. The molecule has 78 valence electrons. The number of hydrogen-bond acceptors (Lipinski definition) is 3. The van der Waals surface area contributed by atoms with E-state index >= 15 is 0 Å². The summed E-state index contributed by atoms with van der Waals surface area (Å²) < 4.78 is 0. The maximum Gasteiger partial charge on any atom is 0.125 e. The van der Waals surface area contributed by atoms with E-state index in [9.17, 15) is 0 Å². The van der Waals surface area contributed by atoms with Crippen molar-refractivity contribution < 1.29 is 5.11 Å². The summed E-state index contributed by atoms with van der Waals surface area (Å²) in [5, 5.41) is 11.6. The first-order valence-corrected chi connectivity index (χ1v) is 5.10. The summed E-state index contributed by atoms with van der Waals surface area (Å²) in [6, 6.07) is 4.11. The van der Waals surface area contributed by atoms with Crippen molar-refractivity contribution in [1.82, 2.24) is 4.98 Å². The van der Waals surface area contributed by atoms with E-state index in [1.165, 1.54) is 5.56 Å². The number of aromatic nitrogens is 1. The second-order valence-corrected chi connectivity index (χ2v) is 3.33. The number of anilines is 1. The summed E-state index contributed by atoms with van der Waals surface area (Å²) in [5.41, 5.74) is 1.31. The van der Waals surface area contributed by atoms with Gasteiger partial charge in [0.1, 0.15) is 5.82 Å². The Morgan fingerprint density at radius 2 is 2.21 bits per heavy atom. The third-order valence-corrected chi connectivity index (χ3v) is 2.20. The highest BCUT2D eigenvalue weighted by Crippen LogP contribution is 2.09. The largest absolute Gasteiger partial charge is 0.396 e. The first kappa shape index (κ1) is 11.0. The molecule has 0 aromatic carbocycles. The van der Waals surface area contributed by atoms with Gasteiger partial charge in [0.15, 0.2) is 0 Å². The number of unbranched alkanes of at least 4 members (excludes halogenated alkanes) is 2. The Morgan fingerprint density at radius 3 is 2.93 bits per heavy atom. The minimum Gasteiger partial charge on any atom is -0.396 e. The van der Waals surface area contributed by atoms with Crippen LogP contribution in [0.4, 0.5) is 5.82 Å².